The van der Waals surface area contributed by atoms with Gasteiger partial charge in [-0.1, -0.05) is 12.1 Å². The van der Waals surface area contributed by atoms with Crippen LogP contribution in [0, 0.1) is 5.92 Å². The largest absolute Gasteiger partial charge is 0.477 e. The second-order valence-electron chi connectivity index (χ2n) is 7.15. The third kappa shape index (κ3) is 7.96. The van der Waals surface area contributed by atoms with E-state index < -0.39 is 41.4 Å². The van der Waals surface area contributed by atoms with Crippen LogP contribution in [0.1, 0.15) is 32.3 Å². The third-order valence-electron chi connectivity index (χ3n) is 4.53. The van der Waals surface area contributed by atoms with Crippen LogP contribution in [0.15, 0.2) is 29.3 Å². The van der Waals surface area contributed by atoms with Crippen molar-refractivity contribution in [1.29, 1.82) is 0 Å². The van der Waals surface area contributed by atoms with Gasteiger partial charge in [-0.15, -0.1) is 0 Å². The summed E-state index contributed by atoms with van der Waals surface area (Å²) in [6.45, 7) is 1.94. The predicted molar refractivity (Wildman–Crippen MR) is 114 cm³/mol. The van der Waals surface area contributed by atoms with Crippen molar-refractivity contribution in [3.05, 3.63) is 29.8 Å². The second kappa shape index (κ2) is 11.8. The molecule has 1 aromatic carbocycles. The van der Waals surface area contributed by atoms with Crippen LogP contribution in [0.2, 0.25) is 0 Å². The van der Waals surface area contributed by atoms with Gasteiger partial charge in [0.25, 0.3) is 5.72 Å². The van der Waals surface area contributed by atoms with Crippen molar-refractivity contribution in [3.8, 4) is 5.75 Å². The Kier molecular flexibility index (Phi) is 9.75. The van der Waals surface area contributed by atoms with Crippen LogP contribution < -0.4 is 27.7 Å². The summed E-state index contributed by atoms with van der Waals surface area (Å²) < 4.78 is 9.69. The summed E-state index contributed by atoms with van der Waals surface area (Å²) >= 11 is 0. The lowest BCUT2D eigenvalue weighted by Gasteiger charge is -2.34. The third-order valence-corrected chi connectivity index (χ3v) is 4.53. The Hall–Kier alpha value is -3.51. The number of aliphatic imine (C=N–C) groups is 1. The fourth-order valence-electron chi connectivity index (χ4n) is 2.95. The summed E-state index contributed by atoms with van der Waals surface area (Å²) in [5, 5.41) is 9.45. The number of benzene rings is 1. The minimum absolute atomic E-state index is 0.0137. The first-order valence-electron chi connectivity index (χ1n) is 9.69. The van der Waals surface area contributed by atoms with E-state index in [1.54, 1.807) is 24.3 Å². The van der Waals surface area contributed by atoms with Crippen molar-refractivity contribution in [2.45, 2.75) is 44.9 Å². The van der Waals surface area contributed by atoms with Gasteiger partial charge in [0, 0.05) is 20.3 Å². The monoisotopic (exact) mass is 451 g/mol. The SMILES string of the molecule is CC(=O)Oc1ccc(CCCC(=O)[C@@H](CN=C(N)N)[C@@H](N)[C@](N)(OC(C)=O)C(=O)O)cc1. The smallest absolute Gasteiger partial charge is 0.365 e. The van der Waals surface area contributed by atoms with E-state index in [0.717, 1.165) is 12.5 Å². The van der Waals surface area contributed by atoms with Crippen molar-refractivity contribution >= 4 is 29.7 Å². The molecule has 0 fully saturated rings. The van der Waals surface area contributed by atoms with E-state index in [1.807, 2.05) is 0 Å². The van der Waals surface area contributed by atoms with Gasteiger partial charge in [-0.05, 0) is 30.5 Å². The number of hydrogen-bond donors (Lipinski definition) is 5. The number of rotatable bonds is 12. The van der Waals surface area contributed by atoms with Gasteiger partial charge in [0.2, 0.25) is 0 Å². The number of aryl methyl sites for hydroxylation is 1. The molecule has 0 aliphatic carbocycles. The molecular formula is C20H29N5O7. The minimum Gasteiger partial charge on any atom is -0.477 e. The number of carboxylic acids is 1. The Morgan fingerprint density at radius 2 is 1.69 bits per heavy atom. The Labute approximate surface area is 184 Å². The molecule has 0 heterocycles. The van der Waals surface area contributed by atoms with E-state index in [-0.39, 0.29) is 18.9 Å². The first-order chi connectivity index (χ1) is 14.9. The van der Waals surface area contributed by atoms with Gasteiger partial charge in [-0.3, -0.25) is 25.1 Å². The molecule has 12 nitrogen and oxygen atoms in total. The van der Waals surface area contributed by atoms with Crippen molar-refractivity contribution in [1.82, 2.24) is 0 Å². The Morgan fingerprint density at radius 1 is 1.09 bits per heavy atom. The molecule has 1 aromatic rings. The summed E-state index contributed by atoms with van der Waals surface area (Å²) in [6, 6.07) is 5.15. The molecule has 12 heteroatoms. The van der Waals surface area contributed by atoms with Crippen LogP contribution in [0.5, 0.6) is 5.75 Å². The molecule has 0 aliphatic heterocycles. The summed E-state index contributed by atoms with van der Waals surface area (Å²) in [5.74, 6) is -4.71. The van der Waals surface area contributed by atoms with E-state index in [4.69, 9.17) is 32.4 Å². The number of aliphatic carboxylic acids is 1. The van der Waals surface area contributed by atoms with Crippen molar-refractivity contribution < 1.29 is 33.8 Å². The molecule has 0 spiro atoms. The lowest BCUT2D eigenvalue weighted by atomic mass is 9.85. The molecule has 3 atom stereocenters. The van der Waals surface area contributed by atoms with Gasteiger partial charge < -0.3 is 31.8 Å². The molecule has 32 heavy (non-hydrogen) atoms. The first kappa shape index (κ1) is 26.5. The number of carbonyl (C=O) groups excluding carboxylic acids is 3. The molecule has 0 saturated carbocycles. The van der Waals surface area contributed by atoms with Crippen LogP contribution in [-0.4, -0.2) is 53.1 Å². The van der Waals surface area contributed by atoms with Gasteiger partial charge in [-0.2, -0.15) is 0 Å². The van der Waals surface area contributed by atoms with Gasteiger partial charge >= 0.3 is 17.9 Å². The number of carbonyl (C=O) groups is 4. The molecular weight excluding hydrogens is 422 g/mol. The first-order valence-corrected chi connectivity index (χ1v) is 9.69. The molecule has 0 aromatic heterocycles. The number of ether oxygens (including phenoxy) is 2. The zero-order valence-corrected chi connectivity index (χ0v) is 17.9. The van der Waals surface area contributed by atoms with Gasteiger partial charge in [0.15, 0.2) is 5.96 Å². The molecule has 176 valence electrons. The fourth-order valence-corrected chi connectivity index (χ4v) is 2.95. The summed E-state index contributed by atoms with van der Waals surface area (Å²) in [6.07, 6.45) is 0.918. The average molecular weight is 451 g/mol. The van der Waals surface area contributed by atoms with Crippen LogP contribution >= 0.6 is 0 Å². The highest BCUT2D eigenvalue weighted by Crippen LogP contribution is 2.21. The molecule has 9 N–H and O–H groups in total. The quantitative estimate of drug-likeness (QED) is 0.0853. The maximum atomic E-state index is 12.8. The highest BCUT2D eigenvalue weighted by Gasteiger charge is 2.49. The van der Waals surface area contributed by atoms with E-state index >= 15 is 0 Å². The molecule has 0 bridgehead atoms. The van der Waals surface area contributed by atoms with Crippen LogP contribution in [-0.2, 0) is 30.3 Å². The van der Waals surface area contributed by atoms with Crippen LogP contribution in [0.4, 0.5) is 0 Å². The van der Waals surface area contributed by atoms with Crippen LogP contribution in [0.25, 0.3) is 0 Å². The Morgan fingerprint density at radius 3 is 2.16 bits per heavy atom. The van der Waals surface area contributed by atoms with Crippen molar-refractivity contribution in [2.75, 3.05) is 6.54 Å². The molecule has 0 radical (unpaired) electrons. The molecule has 0 amide bonds. The van der Waals surface area contributed by atoms with Crippen molar-refractivity contribution in [2.24, 2.45) is 33.8 Å². The number of hydrogen-bond acceptors (Lipinski definition) is 9. The van der Waals surface area contributed by atoms with E-state index in [2.05, 4.69) is 4.99 Å². The van der Waals surface area contributed by atoms with E-state index in [9.17, 15) is 24.3 Å². The average Bonchev–Trinajstić information content (AvgIpc) is 2.67. The normalized spacial score (nSPS) is 14.4. The highest BCUT2D eigenvalue weighted by atomic mass is 16.6. The Balaban J connectivity index is 2.90. The lowest BCUT2D eigenvalue weighted by molar-refractivity contribution is -0.181. The zero-order valence-electron chi connectivity index (χ0n) is 17.9. The van der Waals surface area contributed by atoms with Gasteiger partial charge in [0.1, 0.15) is 11.5 Å². The predicted octanol–water partition coefficient (Wildman–Crippen LogP) is -0.977. The molecule has 0 saturated heterocycles. The minimum atomic E-state index is -2.64. The van der Waals surface area contributed by atoms with Crippen LogP contribution in [0.3, 0.4) is 0 Å². The number of nitrogens with two attached hydrogens (primary N) is 4. The topological polar surface area (TPSA) is 223 Å². The fraction of sp³-hybridized carbons (Fsp3) is 0.450. The second-order valence-corrected chi connectivity index (χ2v) is 7.15. The molecule has 0 aliphatic rings. The number of ketones is 1. The number of guanidine groups is 1. The summed E-state index contributed by atoms with van der Waals surface area (Å²) in [5.41, 5.74) is 20.6. The van der Waals surface area contributed by atoms with E-state index in [1.165, 1.54) is 6.92 Å². The summed E-state index contributed by atoms with van der Waals surface area (Å²) in [4.78, 5) is 50.5. The maximum absolute atomic E-state index is 12.8. The maximum Gasteiger partial charge on any atom is 0.365 e. The summed E-state index contributed by atoms with van der Waals surface area (Å²) in [7, 11) is 0. The van der Waals surface area contributed by atoms with Crippen molar-refractivity contribution in [3.63, 3.8) is 0 Å². The lowest BCUT2D eigenvalue weighted by Crippen LogP contribution is -2.67. The van der Waals surface area contributed by atoms with E-state index in [0.29, 0.717) is 18.6 Å². The molecule has 1 rings (SSSR count). The zero-order chi connectivity index (χ0) is 24.5. The molecule has 0 unspecified atom stereocenters. The number of carboxylic acid groups (broad SMARTS) is 1. The number of Topliss-reactive ketones (excluding diaryl/α,β-unsaturated/α-hetero) is 1. The van der Waals surface area contributed by atoms with Gasteiger partial charge in [-0.25, -0.2) is 4.79 Å². The standard InChI is InChI=1S/C20H29N5O7/c1-11(26)31-14-8-6-13(7-9-14)4-3-5-16(28)15(10-25-19(22)23)17(21)20(24,18(29)30)32-12(2)27/h6-9,15,17H,3-5,10,21,24H2,1-2H3,(H,29,30)(H4,22,23,25)/t15-,17-,20+/m1/s1. The highest BCUT2D eigenvalue weighted by molar-refractivity contribution is 5.87. The van der Waals surface area contributed by atoms with Gasteiger partial charge in [0.05, 0.1) is 18.5 Å². The Bertz CT molecular complexity index is 868. The number of esters is 2. The number of nitrogens with zero attached hydrogens (tertiary/aromatic N) is 1.